The summed E-state index contributed by atoms with van der Waals surface area (Å²) < 4.78 is 29.0. The Kier molecular flexibility index (Phi) is 5.80. The number of ether oxygens (including phenoxy) is 1. The number of nitrogens with zero attached hydrogens (tertiary/aromatic N) is 3. The lowest BCUT2D eigenvalue weighted by Gasteiger charge is -2.29. The number of morpholine rings is 1. The fourth-order valence-electron chi connectivity index (χ4n) is 2.93. The highest BCUT2D eigenvalue weighted by molar-refractivity contribution is 7.90. The van der Waals surface area contributed by atoms with Gasteiger partial charge in [-0.3, -0.25) is 4.79 Å². The van der Waals surface area contributed by atoms with Gasteiger partial charge in [-0.15, -0.1) is 0 Å². The quantitative estimate of drug-likeness (QED) is 0.732. The summed E-state index contributed by atoms with van der Waals surface area (Å²) >= 11 is 0. The Morgan fingerprint density at radius 2 is 2.00 bits per heavy atom. The molecule has 0 aliphatic carbocycles. The molecular formula is C18H23N5O4S. The number of nitrogens with two attached hydrogens (primary N) is 1. The van der Waals surface area contributed by atoms with Crippen LogP contribution in [0.2, 0.25) is 0 Å². The van der Waals surface area contributed by atoms with Crippen LogP contribution in [0.4, 0.5) is 17.3 Å². The zero-order valence-corrected chi connectivity index (χ0v) is 16.6. The van der Waals surface area contributed by atoms with E-state index in [1.165, 1.54) is 12.1 Å². The molecule has 150 valence electrons. The van der Waals surface area contributed by atoms with E-state index in [-0.39, 0.29) is 16.4 Å². The van der Waals surface area contributed by atoms with E-state index in [1.807, 2.05) is 6.92 Å². The van der Waals surface area contributed by atoms with E-state index in [1.54, 1.807) is 12.1 Å². The Morgan fingerprint density at radius 1 is 1.29 bits per heavy atom. The van der Waals surface area contributed by atoms with Crippen LogP contribution in [0.25, 0.3) is 0 Å². The van der Waals surface area contributed by atoms with E-state index in [0.717, 1.165) is 6.26 Å². The third kappa shape index (κ3) is 4.39. The van der Waals surface area contributed by atoms with E-state index in [0.29, 0.717) is 49.9 Å². The first-order valence-corrected chi connectivity index (χ1v) is 10.8. The van der Waals surface area contributed by atoms with Crippen molar-refractivity contribution in [1.82, 2.24) is 9.97 Å². The zero-order chi connectivity index (χ0) is 20.3. The van der Waals surface area contributed by atoms with Crippen LogP contribution in [0.15, 0.2) is 29.2 Å². The number of benzene rings is 1. The van der Waals surface area contributed by atoms with E-state index >= 15 is 0 Å². The smallest absolute Gasteiger partial charge is 0.271 e. The molecule has 1 aliphatic heterocycles. The van der Waals surface area contributed by atoms with Gasteiger partial charge in [0.2, 0.25) is 0 Å². The van der Waals surface area contributed by atoms with Gasteiger partial charge in [0.15, 0.2) is 27.2 Å². The Hall–Kier alpha value is -2.72. The lowest BCUT2D eigenvalue weighted by atomic mass is 10.2. The average molecular weight is 405 g/mol. The number of hydrogen-bond acceptors (Lipinski definition) is 8. The summed E-state index contributed by atoms with van der Waals surface area (Å²) in [5, 5.41) is 3.00. The van der Waals surface area contributed by atoms with Gasteiger partial charge >= 0.3 is 0 Å². The van der Waals surface area contributed by atoms with Crippen molar-refractivity contribution in [2.45, 2.75) is 18.2 Å². The van der Waals surface area contributed by atoms with Gasteiger partial charge in [-0.05, 0) is 24.6 Å². The fourth-order valence-corrected chi connectivity index (χ4v) is 3.59. The van der Waals surface area contributed by atoms with E-state index < -0.39 is 15.7 Å². The van der Waals surface area contributed by atoms with Crippen LogP contribution >= 0.6 is 0 Å². The van der Waals surface area contributed by atoms with Crippen LogP contribution in [0.1, 0.15) is 23.1 Å². The molecule has 0 spiro atoms. The summed E-state index contributed by atoms with van der Waals surface area (Å²) in [6.07, 6.45) is 1.72. The van der Waals surface area contributed by atoms with Gasteiger partial charge in [-0.2, -0.15) is 0 Å². The molecule has 1 aromatic heterocycles. The molecule has 1 aliphatic rings. The monoisotopic (exact) mass is 405 g/mol. The third-order valence-corrected chi connectivity index (χ3v) is 5.46. The predicted molar refractivity (Wildman–Crippen MR) is 106 cm³/mol. The molecule has 10 heteroatoms. The molecule has 3 rings (SSSR count). The van der Waals surface area contributed by atoms with Crippen molar-refractivity contribution < 1.29 is 17.9 Å². The number of carbonyl (C=O) groups excluding carboxylic acids is 1. The first-order valence-electron chi connectivity index (χ1n) is 8.90. The highest BCUT2D eigenvalue weighted by atomic mass is 32.2. The molecule has 0 saturated carbocycles. The molecule has 1 fully saturated rings. The van der Waals surface area contributed by atoms with Gasteiger partial charge in [0.05, 0.1) is 23.8 Å². The van der Waals surface area contributed by atoms with Crippen molar-refractivity contribution in [1.29, 1.82) is 0 Å². The molecule has 0 unspecified atom stereocenters. The van der Waals surface area contributed by atoms with Crippen molar-refractivity contribution in [3.63, 3.8) is 0 Å². The van der Waals surface area contributed by atoms with E-state index in [4.69, 9.17) is 10.5 Å². The first kappa shape index (κ1) is 20.0. The third-order valence-electron chi connectivity index (χ3n) is 4.35. The van der Waals surface area contributed by atoms with Crippen molar-refractivity contribution in [2.24, 2.45) is 5.73 Å². The molecule has 0 bridgehead atoms. The number of rotatable bonds is 6. The first-order chi connectivity index (χ1) is 13.3. The van der Waals surface area contributed by atoms with Gasteiger partial charge in [0, 0.05) is 25.0 Å². The number of carbonyl (C=O) groups is 1. The number of nitrogens with one attached hydrogen (secondary N) is 1. The Bertz CT molecular complexity index is 987. The molecule has 2 heterocycles. The average Bonchev–Trinajstić information content (AvgIpc) is 2.67. The summed E-state index contributed by atoms with van der Waals surface area (Å²) in [6, 6.07) is 6.27. The molecule has 1 aromatic carbocycles. The highest BCUT2D eigenvalue weighted by Gasteiger charge is 2.22. The van der Waals surface area contributed by atoms with Gasteiger partial charge in [-0.25, -0.2) is 18.4 Å². The molecule has 2 aromatic rings. The van der Waals surface area contributed by atoms with Crippen LogP contribution in [0, 0.1) is 0 Å². The van der Waals surface area contributed by atoms with Crippen molar-refractivity contribution in [3.05, 3.63) is 35.7 Å². The molecule has 3 N–H and O–H groups in total. The minimum absolute atomic E-state index is 0.0126. The van der Waals surface area contributed by atoms with E-state index in [2.05, 4.69) is 20.2 Å². The Morgan fingerprint density at radius 3 is 2.61 bits per heavy atom. The van der Waals surface area contributed by atoms with Gasteiger partial charge in [-0.1, -0.05) is 13.0 Å². The maximum absolute atomic E-state index is 11.9. The molecule has 0 atom stereocenters. The number of aromatic nitrogens is 2. The summed E-state index contributed by atoms with van der Waals surface area (Å²) in [6.45, 7) is 4.44. The summed E-state index contributed by atoms with van der Waals surface area (Å²) in [5.74, 6) is 0.145. The van der Waals surface area contributed by atoms with Gasteiger partial charge in [0.25, 0.3) is 5.91 Å². The van der Waals surface area contributed by atoms with Crippen LogP contribution in [-0.4, -0.2) is 56.9 Å². The molecule has 28 heavy (non-hydrogen) atoms. The van der Waals surface area contributed by atoms with Gasteiger partial charge in [0.1, 0.15) is 0 Å². The van der Waals surface area contributed by atoms with Crippen molar-refractivity contribution in [2.75, 3.05) is 42.8 Å². The number of amides is 1. The molecule has 1 saturated heterocycles. The van der Waals surface area contributed by atoms with Crippen molar-refractivity contribution in [3.8, 4) is 0 Å². The number of anilines is 3. The lowest BCUT2D eigenvalue weighted by Crippen LogP contribution is -2.38. The maximum Gasteiger partial charge on any atom is 0.271 e. The second kappa shape index (κ2) is 8.11. The second-order valence-electron chi connectivity index (χ2n) is 6.43. The van der Waals surface area contributed by atoms with Crippen molar-refractivity contribution >= 4 is 33.1 Å². The normalized spacial score (nSPS) is 14.7. The summed E-state index contributed by atoms with van der Waals surface area (Å²) in [5.41, 5.74) is 6.66. The molecule has 9 nitrogen and oxygen atoms in total. The Balaban J connectivity index is 2.04. The van der Waals surface area contributed by atoms with Gasteiger partial charge < -0.3 is 20.7 Å². The predicted octanol–water partition coefficient (Wildman–Crippen LogP) is 1.12. The minimum Gasteiger partial charge on any atom is -0.378 e. The number of primary amides is 1. The fraction of sp³-hybridized carbons (Fsp3) is 0.389. The zero-order valence-electron chi connectivity index (χ0n) is 15.8. The molecule has 0 radical (unpaired) electrons. The summed E-state index contributed by atoms with van der Waals surface area (Å²) in [4.78, 5) is 23.2. The number of aryl methyl sites for hydroxylation is 1. The van der Waals surface area contributed by atoms with E-state index in [9.17, 15) is 13.2 Å². The molecule has 1 amide bonds. The number of hydrogen-bond donors (Lipinski definition) is 2. The van der Waals surface area contributed by atoms with Crippen LogP contribution in [-0.2, 0) is 21.0 Å². The minimum atomic E-state index is -3.37. The van der Waals surface area contributed by atoms with Crippen LogP contribution in [0.5, 0.6) is 0 Å². The SMILES string of the molecule is CCc1nc(C(N)=O)c(Nc2cccc(S(C)(=O)=O)c2)nc1N1CCOCC1. The molecular weight excluding hydrogens is 382 g/mol. The largest absolute Gasteiger partial charge is 0.378 e. The van der Waals surface area contributed by atoms with Crippen LogP contribution < -0.4 is 16.0 Å². The van der Waals surface area contributed by atoms with Crippen LogP contribution in [0.3, 0.4) is 0 Å². The maximum atomic E-state index is 11.9. The topological polar surface area (TPSA) is 128 Å². The Labute approximate surface area is 163 Å². The number of sulfone groups is 1. The second-order valence-corrected chi connectivity index (χ2v) is 8.45. The highest BCUT2D eigenvalue weighted by Crippen LogP contribution is 2.26. The lowest BCUT2D eigenvalue weighted by molar-refractivity contribution is 0.0995. The summed E-state index contributed by atoms with van der Waals surface area (Å²) in [7, 11) is -3.37. The standard InChI is InChI=1S/C18H23N5O4S/c1-3-14-18(23-7-9-27-10-8-23)22-17(15(21-14)16(19)24)20-12-5-4-6-13(11-12)28(2,25)26/h4-6,11H,3,7-10H2,1-2H3,(H2,19,24)(H,20,22).